The summed E-state index contributed by atoms with van der Waals surface area (Å²) in [7, 11) is 3.16. The molecule has 4 rings (SSSR count). The number of nitrogens with one attached hydrogen (secondary N) is 1. The van der Waals surface area contributed by atoms with Crippen LogP contribution in [0.4, 0.5) is 4.79 Å². The van der Waals surface area contributed by atoms with Crippen LogP contribution in [0, 0.1) is 0 Å². The number of hydrogen-bond donors (Lipinski definition) is 1. The Bertz CT molecular complexity index is 1270. The molecular weight excluding hydrogens is 406 g/mol. The smallest absolute Gasteiger partial charge is 0.290 e. The number of fused-ring (bicyclic) bond motifs is 1. The molecule has 3 aromatic rings. The van der Waals surface area contributed by atoms with E-state index in [2.05, 4.69) is 10.3 Å². The molecule has 0 saturated carbocycles. The van der Waals surface area contributed by atoms with E-state index in [1.807, 2.05) is 6.07 Å². The van der Waals surface area contributed by atoms with E-state index in [1.54, 1.807) is 49.5 Å². The standard InChI is InChI=1S/C21H17N3O5S/c1-24-18(22-14-6-4-3-5-13(14)20(24)26)11-29-15-8-7-12(9-16(15)28-2)10-17-19(25)23-21(27)30-17/h3-10H,11H2,1-2H3,(H,23,25,27)/b17-10-. The number of rotatable bonds is 5. The fraction of sp³-hybridized carbons (Fsp3) is 0.143. The molecule has 0 atom stereocenters. The maximum absolute atomic E-state index is 12.5. The Morgan fingerprint density at radius 1 is 1.13 bits per heavy atom. The number of carbonyl (C=O) groups is 2. The fourth-order valence-electron chi connectivity index (χ4n) is 3.00. The Kier molecular flexibility index (Phi) is 5.28. The number of methoxy groups -OCH3 is 1. The number of benzene rings is 2. The number of aromatic nitrogens is 2. The van der Waals surface area contributed by atoms with Gasteiger partial charge in [-0.2, -0.15) is 0 Å². The summed E-state index contributed by atoms with van der Waals surface area (Å²) in [6, 6.07) is 12.3. The number of imide groups is 1. The normalized spacial score (nSPS) is 14.9. The van der Waals surface area contributed by atoms with Gasteiger partial charge in [0.15, 0.2) is 11.5 Å². The Balaban J connectivity index is 1.58. The lowest BCUT2D eigenvalue weighted by molar-refractivity contribution is -0.115. The maximum Gasteiger partial charge on any atom is 0.290 e. The van der Waals surface area contributed by atoms with Crippen molar-refractivity contribution in [1.82, 2.24) is 14.9 Å². The summed E-state index contributed by atoms with van der Waals surface area (Å²) in [6.07, 6.45) is 1.60. The van der Waals surface area contributed by atoms with Gasteiger partial charge in [-0.1, -0.05) is 18.2 Å². The Hall–Kier alpha value is -3.59. The molecule has 0 aliphatic carbocycles. The fourth-order valence-corrected chi connectivity index (χ4v) is 3.68. The summed E-state index contributed by atoms with van der Waals surface area (Å²) in [5, 5.41) is 2.36. The highest BCUT2D eigenvalue weighted by atomic mass is 32.2. The molecule has 1 aliphatic rings. The maximum atomic E-state index is 12.5. The third-order valence-electron chi connectivity index (χ3n) is 4.56. The van der Waals surface area contributed by atoms with Crippen LogP contribution in [0.2, 0.25) is 0 Å². The summed E-state index contributed by atoms with van der Waals surface area (Å²) >= 11 is 0.846. The second-order valence-electron chi connectivity index (χ2n) is 6.46. The minimum Gasteiger partial charge on any atom is -0.493 e. The molecule has 0 bridgehead atoms. The van der Waals surface area contributed by atoms with Crippen LogP contribution >= 0.6 is 11.8 Å². The van der Waals surface area contributed by atoms with Gasteiger partial charge in [-0.05, 0) is 47.7 Å². The van der Waals surface area contributed by atoms with Crippen molar-refractivity contribution in [2.45, 2.75) is 6.61 Å². The van der Waals surface area contributed by atoms with Gasteiger partial charge in [-0.25, -0.2) is 4.98 Å². The highest BCUT2D eigenvalue weighted by Gasteiger charge is 2.25. The summed E-state index contributed by atoms with van der Waals surface area (Å²) in [5.74, 6) is 0.962. The highest BCUT2D eigenvalue weighted by Crippen LogP contribution is 2.32. The third kappa shape index (κ3) is 3.79. The monoisotopic (exact) mass is 423 g/mol. The summed E-state index contributed by atoms with van der Waals surface area (Å²) in [6.45, 7) is 0.0696. The molecule has 1 N–H and O–H groups in total. The minimum absolute atomic E-state index is 0.0696. The molecule has 2 aromatic carbocycles. The zero-order chi connectivity index (χ0) is 21.3. The van der Waals surface area contributed by atoms with Crippen LogP contribution in [0.1, 0.15) is 11.4 Å². The second-order valence-corrected chi connectivity index (χ2v) is 7.48. The largest absolute Gasteiger partial charge is 0.493 e. The van der Waals surface area contributed by atoms with Gasteiger partial charge < -0.3 is 9.47 Å². The van der Waals surface area contributed by atoms with Gasteiger partial charge in [0.05, 0.1) is 22.9 Å². The van der Waals surface area contributed by atoms with Gasteiger partial charge in [0.1, 0.15) is 12.4 Å². The molecule has 1 fully saturated rings. The average Bonchev–Trinajstić information content (AvgIpc) is 3.06. The number of para-hydroxylation sites is 1. The van der Waals surface area contributed by atoms with Crippen LogP contribution in [-0.2, 0) is 18.4 Å². The zero-order valence-corrected chi connectivity index (χ0v) is 17.0. The van der Waals surface area contributed by atoms with Gasteiger partial charge in [0.25, 0.3) is 16.7 Å². The Labute approximate surface area is 175 Å². The molecule has 0 radical (unpaired) electrons. The van der Waals surface area contributed by atoms with Crippen molar-refractivity contribution in [2.75, 3.05) is 7.11 Å². The van der Waals surface area contributed by atoms with Crippen molar-refractivity contribution in [1.29, 1.82) is 0 Å². The van der Waals surface area contributed by atoms with E-state index in [4.69, 9.17) is 9.47 Å². The number of carbonyl (C=O) groups excluding carboxylic acids is 2. The number of ether oxygens (including phenoxy) is 2. The zero-order valence-electron chi connectivity index (χ0n) is 16.2. The van der Waals surface area contributed by atoms with Gasteiger partial charge in [0.2, 0.25) is 0 Å². The van der Waals surface area contributed by atoms with Crippen LogP contribution in [0.3, 0.4) is 0 Å². The number of amides is 2. The van der Waals surface area contributed by atoms with E-state index in [9.17, 15) is 14.4 Å². The first-order valence-corrected chi connectivity index (χ1v) is 9.78. The molecule has 9 heteroatoms. The quantitative estimate of drug-likeness (QED) is 0.630. The van der Waals surface area contributed by atoms with Gasteiger partial charge >= 0.3 is 0 Å². The number of thioether (sulfide) groups is 1. The minimum atomic E-state index is -0.424. The molecule has 1 saturated heterocycles. The van der Waals surface area contributed by atoms with Crippen molar-refractivity contribution in [2.24, 2.45) is 7.05 Å². The molecule has 30 heavy (non-hydrogen) atoms. The third-order valence-corrected chi connectivity index (χ3v) is 5.37. The lowest BCUT2D eigenvalue weighted by Gasteiger charge is -2.13. The van der Waals surface area contributed by atoms with Gasteiger partial charge in [-0.15, -0.1) is 0 Å². The predicted molar refractivity (Wildman–Crippen MR) is 113 cm³/mol. The first-order chi connectivity index (χ1) is 14.5. The second kappa shape index (κ2) is 8.03. The molecule has 0 spiro atoms. The van der Waals surface area contributed by atoms with Crippen LogP contribution in [0.15, 0.2) is 52.2 Å². The molecule has 8 nitrogen and oxygen atoms in total. The SMILES string of the molecule is COc1cc(/C=C2\SC(=O)NC2=O)ccc1OCc1nc2ccccc2c(=O)n1C. The van der Waals surface area contributed by atoms with E-state index in [-0.39, 0.29) is 12.2 Å². The molecule has 2 amide bonds. The lowest BCUT2D eigenvalue weighted by Crippen LogP contribution is -2.23. The van der Waals surface area contributed by atoms with E-state index >= 15 is 0 Å². The van der Waals surface area contributed by atoms with Crippen molar-refractivity contribution in [3.8, 4) is 11.5 Å². The lowest BCUT2D eigenvalue weighted by atomic mass is 10.2. The number of nitrogens with zero attached hydrogens (tertiary/aromatic N) is 2. The van der Waals surface area contributed by atoms with Crippen molar-refractivity contribution >= 4 is 39.9 Å². The Morgan fingerprint density at radius 3 is 2.67 bits per heavy atom. The van der Waals surface area contributed by atoms with Crippen LogP contribution < -0.4 is 20.3 Å². The van der Waals surface area contributed by atoms with Crippen LogP contribution in [-0.4, -0.2) is 27.8 Å². The molecule has 1 aromatic heterocycles. The first-order valence-electron chi connectivity index (χ1n) is 8.96. The summed E-state index contributed by atoms with van der Waals surface area (Å²) < 4.78 is 12.7. The van der Waals surface area contributed by atoms with E-state index in [1.165, 1.54) is 11.7 Å². The van der Waals surface area contributed by atoms with E-state index < -0.39 is 11.1 Å². The van der Waals surface area contributed by atoms with E-state index in [0.29, 0.717) is 38.7 Å². The topological polar surface area (TPSA) is 99.5 Å². The first kappa shape index (κ1) is 19.7. The Morgan fingerprint density at radius 2 is 1.93 bits per heavy atom. The van der Waals surface area contributed by atoms with Crippen molar-refractivity contribution < 1.29 is 19.1 Å². The van der Waals surface area contributed by atoms with Crippen LogP contribution in [0.5, 0.6) is 11.5 Å². The number of hydrogen-bond acceptors (Lipinski definition) is 7. The summed E-state index contributed by atoms with van der Waals surface area (Å²) in [5.41, 5.74) is 1.15. The van der Waals surface area contributed by atoms with Crippen molar-refractivity contribution in [3.63, 3.8) is 0 Å². The molecule has 1 aliphatic heterocycles. The van der Waals surface area contributed by atoms with Crippen molar-refractivity contribution in [3.05, 3.63) is 69.1 Å². The average molecular weight is 423 g/mol. The summed E-state index contributed by atoms with van der Waals surface area (Å²) in [4.78, 5) is 40.4. The van der Waals surface area contributed by atoms with Gasteiger partial charge in [0, 0.05) is 7.05 Å². The van der Waals surface area contributed by atoms with Gasteiger partial charge in [-0.3, -0.25) is 24.3 Å². The molecular formula is C21H17N3O5S. The van der Waals surface area contributed by atoms with Crippen LogP contribution in [0.25, 0.3) is 17.0 Å². The molecule has 0 unspecified atom stereocenters. The molecule has 152 valence electrons. The predicted octanol–water partition coefficient (Wildman–Crippen LogP) is 2.85. The van der Waals surface area contributed by atoms with E-state index in [0.717, 1.165) is 11.8 Å². The molecule has 2 heterocycles. The highest BCUT2D eigenvalue weighted by molar-refractivity contribution is 8.18.